The summed E-state index contributed by atoms with van der Waals surface area (Å²) in [5, 5.41) is 0. The van der Waals surface area contributed by atoms with Gasteiger partial charge in [-0.3, -0.25) is 0 Å². The minimum absolute atomic E-state index is 0.481. The summed E-state index contributed by atoms with van der Waals surface area (Å²) in [7, 11) is 0. The highest BCUT2D eigenvalue weighted by Gasteiger charge is 2.39. The van der Waals surface area contributed by atoms with Crippen LogP contribution in [0, 0.1) is 35.0 Å². The predicted octanol–water partition coefficient (Wildman–Crippen LogP) is 10.7. The minimum atomic E-state index is 0.481. The molecule has 0 amide bonds. The maximum Gasteiger partial charge on any atom is -0.00879 e. The molecule has 2 atom stereocenters. The molecule has 0 aromatic rings. The number of hydrogen-bond donors (Lipinski definition) is 0. The summed E-state index contributed by atoms with van der Waals surface area (Å²) < 4.78 is 0. The first-order chi connectivity index (χ1) is 15.6. The molecule has 0 heteroatoms. The molecule has 2 unspecified atom stereocenters. The van der Waals surface area contributed by atoms with Gasteiger partial charge in [0, 0.05) is 0 Å². The van der Waals surface area contributed by atoms with Gasteiger partial charge in [-0.1, -0.05) is 109 Å². The van der Waals surface area contributed by atoms with Crippen molar-refractivity contribution in [3.63, 3.8) is 0 Å². The van der Waals surface area contributed by atoms with Gasteiger partial charge in [0.1, 0.15) is 0 Å². The molecule has 0 N–H and O–H groups in total. The Morgan fingerprint density at radius 3 is 2.22 bits per heavy atom. The first-order valence-corrected chi connectivity index (χ1v) is 15.0. The van der Waals surface area contributed by atoms with Crippen LogP contribution in [-0.4, -0.2) is 0 Å². The molecule has 3 rings (SSSR count). The van der Waals surface area contributed by atoms with Crippen LogP contribution in [0.1, 0.15) is 143 Å². The molecule has 0 aromatic heterocycles. The summed E-state index contributed by atoms with van der Waals surface area (Å²) in [6.07, 6.45) is 32.3. The molecule has 0 radical (unpaired) electrons. The normalized spacial score (nSPS) is 31.2. The maximum atomic E-state index is 4.85. The molecule has 3 aliphatic carbocycles. The Morgan fingerprint density at radius 1 is 0.875 bits per heavy atom. The van der Waals surface area contributed by atoms with Crippen molar-refractivity contribution in [2.45, 2.75) is 143 Å². The van der Waals surface area contributed by atoms with Crippen LogP contribution in [-0.2, 0) is 0 Å². The third-order valence-electron chi connectivity index (χ3n) is 10.2. The Balaban J connectivity index is 1.49. The summed E-state index contributed by atoms with van der Waals surface area (Å²) in [5.41, 5.74) is 2.15. The molecule has 0 saturated heterocycles. The van der Waals surface area contributed by atoms with E-state index in [-0.39, 0.29) is 0 Å². The zero-order chi connectivity index (χ0) is 22.8. The van der Waals surface area contributed by atoms with Crippen molar-refractivity contribution >= 4 is 0 Å². The standard InChI is InChI=1S/C32H56/c1-5-23-32(24-13-8-14-25-32)26(4)31-18-12-11-17-30(31)16-10-9-15-27-19-21-29(22-20-27)28(6-2)7-3/h10,16,27-31H,4-9,11-15,17-25H2,1-3H3/b16-10+. The van der Waals surface area contributed by atoms with Gasteiger partial charge in [0.2, 0.25) is 0 Å². The van der Waals surface area contributed by atoms with E-state index in [1.54, 1.807) is 5.57 Å². The monoisotopic (exact) mass is 440 g/mol. The topological polar surface area (TPSA) is 0 Å². The fourth-order valence-corrected chi connectivity index (χ4v) is 8.16. The zero-order valence-electron chi connectivity index (χ0n) is 22.2. The Bertz CT molecular complexity index is 545. The maximum absolute atomic E-state index is 4.85. The van der Waals surface area contributed by atoms with Crippen molar-refractivity contribution in [3.8, 4) is 0 Å². The van der Waals surface area contributed by atoms with Gasteiger partial charge < -0.3 is 0 Å². The predicted molar refractivity (Wildman–Crippen MR) is 143 cm³/mol. The smallest absolute Gasteiger partial charge is 0.00879 e. The van der Waals surface area contributed by atoms with Crippen LogP contribution in [0.25, 0.3) is 0 Å². The Kier molecular flexibility index (Phi) is 10.9. The van der Waals surface area contributed by atoms with Crippen molar-refractivity contribution in [1.82, 2.24) is 0 Å². The van der Waals surface area contributed by atoms with Crippen LogP contribution < -0.4 is 0 Å². The summed E-state index contributed by atoms with van der Waals surface area (Å²) >= 11 is 0. The Hall–Kier alpha value is -0.520. The summed E-state index contributed by atoms with van der Waals surface area (Å²) in [4.78, 5) is 0. The molecule has 184 valence electrons. The minimum Gasteiger partial charge on any atom is -0.0990 e. The van der Waals surface area contributed by atoms with Crippen LogP contribution >= 0.6 is 0 Å². The second-order valence-electron chi connectivity index (χ2n) is 12.0. The highest BCUT2D eigenvalue weighted by atomic mass is 14.4. The largest absolute Gasteiger partial charge is 0.0990 e. The van der Waals surface area contributed by atoms with E-state index in [4.69, 9.17) is 6.58 Å². The average Bonchev–Trinajstić information content (AvgIpc) is 2.84. The van der Waals surface area contributed by atoms with Gasteiger partial charge in [-0.15, -0.1) is 0 Å². The highest BCUT2D eigenvalue weighted by molar-refractivity contribution is 5.19. The highest BCUT2D eigenvalue weighted by Crippen LogP contribution is 2.52. The van der Waals surface area contributed by atoms with Crippen molar-refractivity contribution in [1.29, 1.82) is 0 Å². The van der Waals surface area contributed by atoms with Gasteiger partial charge in [0.15, 0.2) is 0 Å². The van der Waals surface area contributed by atoms with E-state index in [0.717, 1.165) is 29.6 Å². The van der Waals surface area contributed by atoms with Crippen LogP contribution in [0.15, 0.2) is 24.3 Å². The Labute approximate surface area is 202 Å². The van der Waals surface area contributed by atoms with Gasteiger partial charge in [0.25, 0.3) is 0 Å². The third-order valence-corrected chi connectivity index (χ3v) is 10.2. The molecule has 3 saturated carbocycles. The number of hydrogen-bond acceptors (Lipinski definition) is 0. The van der Waals surface area contributed by atoms with E-state index < -0.39 is 0 Å². The number of rotatable bonds is 11. The third kappa shape index (κ3) is 6.76. The van der Waals surface area contributed by atoms with Crippen LogP contribution in [0.4, 0.5) is 0 Å². The lowest BCUT2D eigenvalue weighted by molar-refractivity contribution is 0.175. The van der Waals surface area contributed by atoms with E-state index in [2.05, 4.69) is 32.9 Å². The first-order valence-electron chi connectivity index (χ1n) is 15.0. The van der Waals surface area contributed by atoms with Gasteiger partial charge in [-0.05, 0) is 92.8 Å². The SMILES string of the molecule is C=C(C1CCCCC1/C=C/CCC1CCC(C(CC)CC)CC1)C1(CCC)CCCCC1. The molecule has 0 spiro atoms. The van der Waals surface area contributed by atoms with Gasteiger partial charge >= 0.3 is 0 Å². The van der Waals surface area contributed by atoms with Gasteiger partial charge in [0.05, 0.1) is 0 Å². The molecule has 0 aliphatic heterocycles. The van der Waals surface area contributed by atoms with E-state index in [1.807, 2.05) is 0 Å². The molecule has 32 heavy (non-hydrogen) atoms. The molecule has 0 nitrogen and oxygen atoms in total. The summed E-state index contributed by atoms with van der Waals surface area (Å²) in [5.74, 6) is 4.56. The quantitative estimate of drug-likeness (QED) is 0.280. The lowest BCUT2D eigenvalue weighted by Gasteiger charge is -2.45. The van der Waals surface area contributed by atoms with Crippen molar-refractivity contribution in [3.05, 3.63) is 24.3 Å². The fraction of sp³-hybridized carbons (Fsp3) is 0.875. The lowest BCUT2D eigenvalue weighted by Crippen LogP contribution is -2.33. The molecule has 3 aliphatic rings. The van der Waals surface area contributed by atoms with Crippen LogP contribution in [0.2, 0.25) is 0 Å². The van der Waals surface area contributed by atoms with E-state index >= 15 is 0 Å². The fourth-order valence-electron chi connectivity index (χ4n) is 8.16. The molecule has 0 aromatic carbocycles. The summed E-state index contributed by atoms with van der Waals surface area (Å²) in [6, 6.07) is 0. The second kappa shape index (κ2) is 13.4. The lowest BCUT2D eigenvalue weighted by atomic mass is 9.60. The van der Waals surface area contributed by atoms with Crippen molar-refractivity contribution in [2.75, 3.05) is 0 Å². The summed E-state index contributed by atoms with van der Waals surface area (Å²) in [6.45, 7) is 12.0. The number of allylic oxidation sites excluding steroid dienone is 3. The van der Waals surface area contributed by atoms with E-state index in [0.29, 0.717) is 5.41 Å². The molecule has 3 fully saturated rings. The molecule has 0 bridgehead atoms. The Morgan fingerprint density at radius 2 is 1.56 bits per heavy atom. The van der Waals surface area contributed by atoms with Gasteiger partial charge in [-0.2, -0.15) is 0 Å². The van der Waals surface area contributed by atoms with E-state index in [9.17, 15) is 0 Å². The van der Waals surface area contributed by atoms with Crippen LogP contribution in [0.3, 0.4) is 0 Å². The van der Waals surface area contributed by atoms with Crippen molar-refractivity contribution < 1.29 is 0 Å². The molecular formula is C32H56. The molecular weight excluding hydrogens is 384 g/mol. The molecule has 0 heterocycles. The average molecular weight is 441 g/mol. The van der Waals surface area contributed by atoms with Gasteiger partial charge in [-0.25, -0.2) is 0 Å². The second-order valence-corrected chi connectivity index (χ2v) is 12.0. The van der Waals surface area contributed by atoms with E-state index in [1.165, 1.54) is 122 Å². The zero-order valence-corrected chi connectivity index (χ0v) is 22.2. The van der Waals surface area contributed by atoms with Crippen molar-refractivity contribution in [2.24, 2.45) is 35.0 Å². The first kappa shape index (κ1) is 26.1. The van der Waals surface area contributed by atoms with Crippen LogP contribution in [0.5, 0.6) is 0 Å².